The fraction of sp³-hybridized carbons (Fsp3) is 0.462. The Morgan fingerprint density at radius 2 is 2.12 bits per heavy atom. The predicted molar refractivity (Wildman–Crippen MR) is 66.3 cm³/mol. The third kappa shape index (κ3) is 1.24. The first-order valence-corrected chi connectivity index (χ1v) is 5.73. The van der Waals surface area contributed by atoms with E-state index in [0.29, 0.717) is 17.4 Å². The van der Waals surface area contributed by atoms with Gasteiger partial charge in [-0.1, -0.05) is 19.9 Å². The van der Waals surface area contributed by atoms with E-state index >= 15 is 0 Å². The van der Waals surface area contributed by atoms with Crippen molar-refractivity contribution in [3.8, 4) is 0 Å². The Hall–Kier alpha value is -1.51. The predicted octanol–water partition coefficient (Wildman–Crippen LogP) is 2.90. The number of fused-ring (bicyclic) bond motifs is 1. The molecule has 0 saturated heterocycles. The van der Waals surface area contributed by atoms with Crippen LogP contribution in [0.15, 0.2) is 18.2 Å². The van der Waals surface area contributed by atoms with Gasteiger partial charge in [-0.2, -0.15) is 0 Å². The molecule has 1 aromatic heterocycles. The highest BCUT2D eigenvalue weighted by Gasteiger charge is 2.48. The summed E-state index contributed by atoms with van der Waals surface area (Å²) >= 11 is 0. The molecular weight excluding hydrogens is 198 g/mol. The lowest BCUT2D eigenvalue weighted by Gasteiger charge is -2.08. The van der Waals surface area contributed by atoms with Gasteiger partial charge < -0.3 is 10.3 Å². The van der Waals surface area contributed by atoms with Crippen LogP contribution in [0.4, 0.5) is 5.95 Å². The molecule has 2 aromatic rings. The maximum absolute atomic E-state index is 6.02. The van der Waals surface area contributed by atoms with Crippen molar-refractivity contribution in [3.05, 3.63) is 23.8 Å². The van der Waals surface area contributed by atoms with Crippen LogP contribution in [0.3, 0.4) is 0 Å². The van der Waals surface area contributed by atoms with Crippen molar-refractivity contribution >= 4 is 17.0 Å². The third-order valence-corrected chi connectivity index (χ3v) is 3.65. The van der Waals surface area contributed by atoms with Gasteiger partial charge in [-0.15, -0.1) is 0 Å². The number of nitrogens with two attached hydrogens (primary N) is 1. The molecule has 0 amide bonds. The fourth-order valence-corrected chi connectivity index (χ4v) is 2.43. The summed E-state index contributed by atoms with van der Waals surface area (Å²) in [5.41, 5.74) is 9.82. The van der Waals surface area contributed by atoms with E-state index in [4.69, 9.17) is 5.73 Å². The summed E-state index contributed by atoms with van der Waals surface area (Å²) in [5.74, 6) is 0.649. The maximum atomic E-state index is 6.02. The quantitative estimate of drug-likeness (QED) is 0.794. The molecule has 1 unspecified atom stereocenters. The standard InChI is InChI=1S/C13H17N3/c1-8-4-5-9-10(6-8)16(12(14)15-9)11-7-13(11,2)3/h4-6,11H,7H2,1-3H3,(H2,14,15). The van der Waals surface area contributed by atoms with Crippen molar-refractivity contribution in [3.63, 3.8) is 0 Å². The molecule has 0 bridgehead atoms. The van der Waals surface area contributed by atoms with Crippen molar-refractivity contribution in [1.82, 2.24) is 9.55 Å². The van der Waals surface area contributed by atoms with E-state index in [9.17, 15) is 0 Å². The summed E-state index contributed by atoms with van der Waals surface area (Å²) < 4.78 is 2.20. The van der Waals surface area contributed by atoms with Gasteiger partial charge >= 0.3 is 0 Å². The molecule has 1 aliphatic carbocycles. The van der Waals surface area contributed by atoms with Gasteiger partial charge in [0.15, 0.2) is 0 Å². The highest BCUT2D eigenvalue weighted by atomic mass is 15.2. The Morgan fingerprint density at radius 1 is 1.44 bits per heavy atom. The van der Waals surface area contributed by atoms with E-state index in [1.165, 1.54) is 17.5 Å². The largest absolute Gasteiger partial charge is 0.369 e. The van der Waals surface area contributed by atoms with Crippen LogP contribution in [0.2, 0.25) is 0 Å². The zero-order valence-corrected chi connectivity index (χ0v) is 9.99. The number of nitrogens with zero attached hydrogens (tertiary/aromatic N) is 2. The summed E-state index contributed by atoms with van der Waals surface area (Å²) in [6.45, 7) is 6.66. The minimum Gasteiger partial charge on any atom is -0.369 e. The van der Waals surface area contributed by atoms with E-state index in [-0.39, 0.29) is 0 Å². The molecule has 2 N–H and O–H groups in total. The smallest absolute Gasteiger partial charge is 0.201 e. The molecule has 1 aliphatic rings. The fourth-order valence-electron chi connectivity index (χ4n) is 2.43. The molecule has 3 nitrogen and oxygen atoms in total. The van der Waals surface area contributed by atoms with Crippen LogP contribution in [0, 0.1) is 12.3 Å². The normalized spacial score (nSPS) is 22.6. The second-order valence-corrected chi connectivity index (χ2v) is 5.54. The molecule has 1 atom stereocenters. The van der Waals surface area contributed by atoms with Gasteiger partial charge in [0.25, 0.3) is 0 Å². The molecule has 0 aliphatic heterocycles. The molecule has 16 heavy (non-hydrogen) atoms. The van der Waals surface area contributed by atoms with Crippen molar-refractivity contribution < 1.29 is 0 Å². The number of benzene rings is 1. The third-order valence-electron chi connectivity index (χ3n) is 3.65. The van der Waals surface area contributed by atoms with Gasteiger partial charge in [0.2, 0.25) is 5.95 Å². The number of aromatic nitrogens is 2. The number of hydrogen-bond acceptors (Lipinski definition) is 2. The average molecular weight is 215 g/mol. The highest BCUT2D eigenvalue weighted by molar-refractivity contribution is 5.79. The second-order valence-electron chi connectivity index (χ2n) is 5.54. The second kappa shape index (κ2) is 2.78. The molecule has 1 fully saturated rings. The van der Waals surface area contributed by atoms with E-state index < -0.39 is 0 Å². The first-order chi connectivity index (χ1) is 7.49. The summed E-state index contributed by atoms with van der Waals surface area (Å²) in [7, 11) is 0. The van der Waals surface area contributed by atoms with Crippen LogP contribution in [0.25, 0.3) is 11.0 Å². The van der Waals surface area contributed by atoms with Crippen LogP contribution in [-0.2, 0) is 0 Å². The number of imidazole rings is 1. The SMILES string of the molecule is Cc1ccc2nc(N)n(C3CC3(C)C)c2c1. The van der Waals surface area contributed by atoms with Gasteiger partial charge in [-0.05, 0) is 36.5 Å². The minimum absolute atomic E-state index is 0.367. The van der Waals surface area contributed by atoms with Gasteiger partial charge in [0.1, 0.15) is 0 Å². The van der Waals surface area contributed by atoms with E-state index in [0.717, 1.165) is 5.52 Å². The van der Waals surface area contributed by atoms with Gasteiger partial charge in [-0.25, -0.2) is 4.98 Å². The minimum atomic E-state index is 0.367. The summed E-state index contributed by atoms with van der Waals surface area (Å²) in [6, 6.07) is 6.82. The molecule has 3 rings (SSSR count). The van der Waals surface area contributed by atoms with E-state index in [1.807, 2.05) is 6.07 Å². The average Bonchev–Trinajstić information content (AvgIpc) is 2.68. The van der Waals surface area contributed by atoms with Crippen LogP contribution in [0.1, 0.15) is 31.9 Å². The van der Waals surface area contributed by atoms with E-state index in [1.54, 1.807) is 0 Å². The van der Waals surface area contributed by atoms with Crippen LogP contribution < -0.4 is 5.73 Å². The first kappa shape index (κ1) is 9.70. The Bertz CT molecular complexity index is 566. The Kier molecular flexibility index (Phi) is 1.69. The van der Waals surface area contributed by atoms with E-state index in [2.05, 4.69) is 42.5 Å². The maximum Gasteiger partial charge on any atom is 0.201 e. The number of hydrogen-bond donors (Lipinski definition) is 1. The Balaban J connectivity index is 2.23. The number of rotatable bonds is 1. The summed E-state index contributed by atoms with van der Waals surface area (Å²) in [5, 5.41) is 0. The Labute approximate surface area is 95.3 Å². The topological polar surface area (TPSA) is 43.8 Å². The molecule has 0 spiro atoms. The van der Waals surface area contributed by atoms with Gasteiger partial charge in [0.05, 0.1) is 11.0 Å². The van der Waals surface area contributed by atoms with Crippen molar-refractivity contribution in [2.75, 3.05) is 5.73 Å². The van der Waals surface area contributed by atoms with Crippen LogP contribution >= 0.6 is 0 Å². The van der Waals surface area contributed by atoms with Gasteiger partial charge in [-0.3, -0.25) is 0 Å². The molecule has 0 radical (unpaired) electrons. The molecule has 1 saturated carbocycles. The molecule has 3 heteroatoms. The first-order valence-electron chi connectivity index (χ1n) is 5.73. The molecule has 1 heterocycles. The zero-order valence-electron chi connectivity index (χ0n) is 9.99. The number of anilines is 1. The van der Waals surface area contributed by atoms with Crippen molar-refractivity contribution in [1.29, 1.82) is 0 Å². The lowest BCUT2D eigenvalue weighted by Crippen LogP contribution is -2.04. The monoisotopic (exact) mass is 215 g/mol. The lowest BCUT2D eigenvalue weighted by molar-refractivity contribution is 0.553. The lowest BCUT2D eigenvalue weighted by atomic mass is 10.2. The van der Waals surface area contributed by atoms with Gasteiger partial charge in [0, 0.05) is 6.04 Å². The Morgan fingerprint density at radius 3 is 2.75 bits per heavy atom. The molecular formula is C13H17N3. The number of aryl methyl sites for hydroxylation is 1. The summed E-state index contributed by atoms with van der Waals surface area (Å²) in [4.78, 5) is 4.42. The highest BCUT2D eigenvalue weighted by Crippen LogP contribution is 2.57. The molecule has 84 valence electrons. The van der Waals surface area contributed by atoms with Crippen molar-refractivity contribution in [2.45, 2.75) is 33.2 Å². The zero-order chi connectivity index (χ0) is 11.5. The van der Waals surface area contributed by atoms with Crippen molar-refractivity contribution in [2.24, 2.45) is 5.41 Å². The number of nitrogen functional groups attached to an aromatic ring is 1. The summed E-state index contributed by atoms with van der Waals surface area (Å²) in [6.07, 6.45) is 1.19. The molecule has 1 aromatic carbocycles. The van der Waals surface area contributed by atoms with Crippen LogP contribution in [-0.4, -0.2) is 9.55 Å². The van der Waals surface area contributed by atoms with Crippen LogP contribution in [0.5, 0.6) is 0 Å².